The molecule has 0 amide bonds. The van der Waals surface area contributed by atoms with Gasteiger partial charge >= 0.3 is 0 Å². The molecule has 0 aliphatic carbocycles. The van der Waals surface area contributed by atoms with Gasteiger partial charge in [0, 0.05) is 25.2 Å². The van der Waals surface area contributed by atoms with Crippen LogP contribution in [-0.2, 0) is 11.3 Å². The Kier molecular flexibility index (Phi) is 9.39. The molecule has 0 spiro atoms. The Hall–Kier alpha value is -3.00. The van der Waals surface area contributed by atoms with Crippen molar-refractivity contribution >= 4 is 0 Å². The van der Waals surface area contributed by atoms with Crippen LogP contribution in [0.15, 0.2) is 67.3 Å². The molecular weight excluding hydrogens is 433 g/mol. The third-order valence-electron chi connectivity index (χ3n) is 5.72. The molecule has 6 nitrogen and oxygen atoms in total. The smallest absolute Gasteiger partial charge is 0.227 e. The molecule has 0 saturated carbocycles. The minimum atomic E-state index is -0.647. The first-order valence-corrected chi connectivity index (χ1v) is 11.6. The minimum Gasteiger partial charge on any atom is -0.438 e. The summed E-state index contributed by atoms with van der Waals surface area (Å²) in [5, 5.41) is 15.3. The summed E-state index contributed by atoms with van der Waals surface area (Å²) in [6.07, 6.45) is 1.92. The largest absolute Gasteiger partial charge is 0.438 e. The molecule has 2 aromatic carbocycles. The van der Waals surface area contributed by atoms with Crippen LogP contribution in [-0.4, -0.2) is 51.7 Å². The van der Waals surface area contributed by atoms with Crippen LogP contribution in [0.5, 0.6) is 11.6 Å². The summed E-state index contributed by atoms with van der Waals surface area (Å²) < 4.78 is 27.3. The highest BCUT2D eigenvalue weighted by atomic mass is 19.1. The first-order valence-electron chi connectivity index (χ1n) is 11.6. The molecule has 2 atom stereocenters. The van der Waals surface area contributed by atoms with Crippen molar-refractivity contribution in [2.24, 2.45) is 0 Å². The van der Waals surface area contributed by atoms with Gasteiger partial charge in [0.15, 0.2) is 0 Å². The van der Waals surface area contributed by atoms with Crippen molar-refractivity contribution < 1.29 is 19.0 Å². The number of rotatable bonds is 13. The lowest BCUT2D eigenvalue weighted by molar-refractivity contribution is 0.0155. The highest BCUT2D eigenvalue weighted by molar-refractivity contribution is 5.43. The van der Waals surface area contributed by atoms with Gasteiger partial charge in [0.25, 0.3) is 0 Å². The van der Waals surface area contributed by atoms with Gasteiger partial charge in [0.1, 0.15) is 11.6 Å². The molecule has 0 aliphatic rings. The molecule has 34 heavy (non-hydrogen) atoms. The lowest BCUT2D eigenvalue weighted by Crippen LogP contribution is -2.40. The molecule has 0 fully saturated rings. The highest BCUT2D eigenvalue weighted by Crippen LogP contribution is 2.32. The first kappa shape index (κ1) is 25.6. The molecule has 1 aromatic heterocycles. The van der Waals surface area contributed by atoms with Gasteiger partial charge in [0.2, 0.25) is 5.88 Å². The average Bonchev–Trinajstić information content (AvgIpc) is 3.13. The number of halogens is 1. The van der Waals surface area contributed by atoms with Gasteiger partial charge in [-0.15, -0.1) is 6.58 Å². The van der Waals surface area contributed by atoms with Crippen LogP contribution in [0.4, 0.5) is 4.39 Å². The zero-order valence-electron chi connectivity index (χ0n) is 20.2. The second-order valence-electron chi connectivity index (χ2n) is 8.34. The van der Waals surface area contributed by atoms with Crippen molar-refractivity contribution in [1.29, 1.82) is 0 Å². The van der Waals surface area contributed by atoms with Crippen LogP contribution in [0.1, 0.15) is 31.5 Å². The lowest BCUT2D eigenvalue weighted by atomic mass is 10.1. The van der Waals surface area contributed by atoms with E-state index in [9.17, 15) is 9.50 Å². The molecule has 3 aromatic rings. The van der Waals surface area contributed by atoms with Crippen LogP contribution in [0.2, 0.25) is 0 Å². The van der Waals surface area contributed by atoms with Gasteiger partial charge in [-0.3, -0.25) is 4.90 Å². The van der Waals surface area contributed by atoms with Crippen molar-refractivity contribution in [1.82, 2.24) is 14.7 Å². The Morgan fingerprint density at radius 2 is 1.97 bits per heavy atom. The van der Waals surface area contributed by atoms with Gasteiger partial charge in [0.05, 0.1) is 36.3 Å². The summed E-state index contributed by atoms with van der Waals surface area (Å²) in [6.45, 7) is 11.4. The Morgan fingerprint density at radius 1 is 1.21 bits per heavy atom. The van der Waals surface area contributed by atoms with Crippen LogP contribution in [0.3, 0.4) is 0 Å². The maximum atomic E-state index is 13.9. The molecule has 1 N–H and O–H groups in total. The molecule has 0 bridgehead atoms. The fourth-order valence-electron chi connectivity index (χ4n) is 3.68. The first-order chi connectivity index (χ1) is 16.4. The molecule has 0 saturated heterocycles. The van der Waals surface area contributed by atoms with Crippen LogP contribution in [0, 0.1) is 12.7 Å². The van der Waals surface area contributed by atoms with Gasteiger partial charge in [-0.1, -0.05) is 37.3 Å². The molecule has 3 rings (SSSR count). The van der Waals surface area contributed by atoms with Crippen LogP contribution < -0.4 is 4.74 Å². The molecule has 0 aliphatic heterocycles. The number of hydrogen-bond acceptors (Lipinski definition) is 5. The number of aliphatic hydroxyl groups is 1. The van der Waals surface area contributed by atoms with Gasteiger partial charge < -0.3 is 14.6 Å². The summed E-state index contributed by atoms with van der Waals surface area (Å²) >= 11 is 0. The van der Waals surface area contributed by atoms with E-state index in [1.807, 2.05) is 37.3 Å². The summed E-state index contributed by atoms with van der Waals surface area (Å²) in [5.41, 5.74) is 2.53. The van der Waals surface area contributed by atoms with E-state index in [2.05, 4.69) is 25.3 Å². The SMILES string of the molecule is C=CCOCC(O)CN(Cc1c(C)nn(-c2ccccc2)c1Oc1cccc(F)c1)C(C)CC. The number of hydrogen-bond donors (Lipinski definition) is 1. The van der Waals surface area contributed by atoms with E-state index in [4.69, 9.17) is 14.6 Å². The third-order valence-corrected chi connectivity index (χ3v) is 5.72. The third kappa shape index (κ3) is 6.76. The number of para-hydroxylation sites is 1. The van der Waals surface area contributed by atoms with E-state index in [0.29, 0.717) is 31.3 Å². The number of nitrogens with zero attached hydrogens (tertiary/aromatic N) is 3. The van der Waals surface area contributed by atoms with E-state index >= 15 is 0 Å². The minimum absolute atomic E-state index is 0.204. The maximum absolute atomic E-state index is 13.9. The molecule has 0 radical (unpaired) electrons. The van der Waals surface area contributed by atoms with E-state index in [0.717, 1.165) is 23.4 Å². The average molecular weight is 468 g/mol. The Labute approximate surface area is 201 Å². The predicted octanol–water partition coefficient (Wildman–Crippen LogP) is 5.28. The molecule has 1 heterocycles. The van der Waals surface area contributed by atoms with Crippen molar-refractivity contribution in [3.8, 4) is 17.3 Å². The molecular formula is C27H34FN3O3. The standard InChI is InChI=1S/C27H34FN3O3/c1-5-15-33-19-24(32)17-30(20(3)6-2)18-26-21(4)29-31(23-12-8-7-9-13-23)27(26)34-25-14-10-11-22(28)16-25/h5,7-14,16,20,24,32H,1,6,15,17-19H2,2-4H3. The van der Waals surface area contributed by atoms with E-state index in [1.54, 1.807) is 22.9 Å². The molecule has 182 valence electrons. The highest BCUT2D eigenvalue weighted by Gasteiger charge is 2.24. The quantitative estimate of drug-likeness (QED) is 0.274. The number of ether oxygens (including phenoxy) is 2. The van der Waals surface area contributed by atoms with Gasteiger partial charge in [-0.25, -0.2) is 9.07 Å². The second kappa shape index (κ2) is 12.5. The Balaban J connectivity index is 1.96. The number of aromatic nitrogens is 2. The fraction of sp³-hybridized carbons (Fsp3) is 0.370. The monoisotopic (exact) mass is 467 g/mol. The molecule has 2 unspecified atom stereocenters. The van der Waals surface area contributed by atoms with Crippen molar-refractivity contribution in [2.75, 3.05) is 19.8 Å². The van der Waals surface area contributed by atoms with Gasteiger partial charge in [-0.2, -0.15) is 5.10 Å². The summed E-state index contributed by atoms with van der Waals surface area (Å²) in [6, 6.07) is 16.0. The fourth-order valence-corrected chi connectivity index (χ4v) is 3.68. The lowest BCUT2D eigenvalue weighted by Gasteiger charge is -2.30. The van der Waals surface area contributed by atoms with Crippen molar-refractivity contribution in [3.63, 3.8) is 0 Å². The predicted molar refractivity (Wildman–Crippen MR) is 132 cm³/mol. The zero-order chi connectivity index (χ0) is 24.5. The number of aryl methyl sites for hydroxylation is 1. The summed E-state index contributed by atoms with van der Waals surface area (Å²) in [7, 11) is 0. The van der Waals surface area contributed by atoms with Crippen molar-refractivity contribution in [2.45, 2.75) is 45.9 Å². The maximum Gasteiger partial charge on any atom is 0.227 e. The number of benzene rings is 2. The zero-order valence-corrected chi connectivity index (χ0v) is 20.2. The second-order valence-corrected chi connectivity index (χ2v) is 8.34. The van der Waals surface area contributed by atoms with Crippen molar-refractivity contribution in [3.05, 3.63) is 84.3 Å². The normalized spacial score (nSPS) is 13.1. The Bertz CT molecular complexity index is 1050. The van der Waals surface area contributed by atoms with E-state index in [1.165, 1.54) is 12.1 Å². The van der Waals surface area contributed by atoms with E-state index < -0.39 is 6.10 Å². The summed E-state index contributed by atoms with van der Waals surface area (Å²) in [5.74, 6) is 0.553. The molecule has 7 heteroatoms. The number of aliphatic hydroxyl groups excluding tert-OH is 1. The van der Waals surface area contributed by atoms with E-state index in [-0.39, 0.29) is 18.5 Å². The Morgan fingerprint density at radius 3 is 2.65 bits per heavy atom. The summed E-state index contributed by atoms with van der Waals surface area (Å²) in [4.78, 5) is 2.19. The van der Waals surface area contributed by atoms with Crippen LogP contribution in [0.25, 0.3) is 5.69 Å². The van der Waals surface area contributed by atoms with Crippen LogP contribution >= 0.6 is 0 Å². The van der Waals surface area contributed by atoms with Gasteiger partial charge in [-0.05, 0) is 44.5 Å². The topological polar surface area (TPSA) is 59.8 Å².